The summed E-state index contributed by atoms with van der Waals surface area (Å²) in [6.45, 7) is 4.01. The van der Waals surface area contributed by atoms with Gasteiger partial charge in [-0.25, -0.2) is 4.98 Å². The van der Waals surface area contributed by atoms with E-state index in [1.54, 1.807) is 0 Å². The van der Waals surface area contributed by atoms with Crippen LogP contribution in [0.15, 0.2) is 170 Å². The fraction of sp³-hybridized carbons (Fsp3) is 0.0444. The van der Waals surface area contributed by atoms with Crippen molar-refractivity contribution in [1.29, 1.82) is 0 Å². The van der Waals surface area contributed by atoms with Gasteiger partial charge >= 0.3 is 0 Å². The highest BCUT2D eigenvalue weighted by Crippen LogP contribution is 2.63. The minimum Gasteiger partial charge on any atom is -0.248 e. The molecule has 1 heteroatoms. The Balaban J connectivity index is 1.31. The van der Waals surface area contributed by atoms with E-state index in [1.165, 1.54) is 55.6 Å². The average Bonchev–Trinajstić information content (AvgIpc) is 3.59. The minimum absolute atomic E-state index is 0.391. The van der Waals surface area contributed by atoms with Gasteiger partial charge in [0.1, 0.15) is 0 Å². The van der Waals surface area contributed by atoms with Crippen molar-refractivity contribution in [3.8, 4) is 55.9 Å². The first kappa shape index (κ1) is 26.6. The van der Waals surface area contributed by atoms with Crippen LogP contribution < -0.4 is 0 Å². The molecule has 0 saturated carbocycles. The number of pyridine rings is 1. The zero-order valence-corrected chi connectivity index (χ0v) is 25.4. The number of hydrogen-bond donors (Lipinski definition) is 0. The van der Waals surface area contributed by atoms with Gasteiger partial charge in [-0.2, -0.15) is 0 Å². The monoisotopic (exact) mass is 585 g/mol. The molecule has 46 heavy (non-hydrogen) atoms. The second-order valence-corrected chi connectivity index (χ2v) is 12.3. The van der Waals surface area contributed by atoms with Gasteiger partial charge in [-0.05, 0) is 85.8 Å². The molecule has 0 amide bonds. The Labute approximate surface area is 270 Å². The molecule has 0 bridgehead atoms. The average molecular weight is 586 g/mol. The van der Waals surface area contributed by atoms with Crippen molar-refractivity contribution in [2.45, 2.75) is 11.8 Å². The summed E-state index contributed by atoms with van der Waals surface area (Å²) in [6.07, 6.45) is 2.85. The van der Waals surface area contributed by atoms with Crippen LogP contribution >= 0.6 is 0 Å². The summed E-state index contributed by atoms with van der Waals surface area (Å²) in [7, 11) is 0. The molecule has 1 heterocycles. The Morgan fingerprint density at radius 2 is 0.978 bits per heavy atom. The molecular formula is C45H31N. The summed E-state index contributed by atoms with van der Waals surface area (Å²) in [5, 5.41) is 0. The van der Waals surface area contributed by atoms with Crippen molar-refractivity contribution >= 4 is 0 Å². The summed E-state index contributed by atoms with van der Waals surface area (Å²) in [6, 6.07) is 57.7. The summed E-state index contributed by atoms with van der Waals surface area (Å²) < 4.78 is 0. The summed E-state index contributed by atoms with van der Waals surface area (Å²) in [5.41, 5.74) is 18.1. The van der Waals surface area contributed by atoms with Gasteiger partial charge in [-0.1, -0.05) is 146 Å². The predicted molar refractivity (Wildman–Crippen MR) is 191 cm³/mol. The topological polar surface area (TPSA) is 12.9 Å². The maximum Gasteiger partial charge on any atom is 0.0725 e. The minimum atomic E-state index is -0.391. The van der Waals surface area contributed by atoms with Gasteiger partial charge in [0, 0.05) is 11.1 Å². The lowest BCUT2D eigenvalue weighted by Crippen LogP contribution is -2.25. The lowest BCUT2D eigenvalue weighted by Gasteiger charge is -2.30. The first-order valence-corrected chi connectivity index (χ1v) is 16.0. The maximum atomic E-state index is 5.15. The molecule has 0 radical (unpaired) electrons. The van der Waals surface area contributed by atoms with Crippen molar-refractivity contribution in [3.63, 3.8) is 0 Å². The van der Waals surface area contributed by atoms with Crippen molar-refractivity contribution in [2.24, 2.45) is 0 Å². The third-order valence-corrected chi connectivity index (χ3v) is 9.83. The number of hydrogen-bond acceptors (Lipinski definition) is 1. The van der Waals surface area contributed by atoms with E-state index in [2.05, 4.69) is 164 Å². The molecule has 1 nitrogen and oxygen atoms in total. The van der Waals surface area contributed by atoms with Crippen LogP contribution in [-0.2, 0) is 11.8 Å². The maximum absolute atomic E-state index is 5.15. The Hall–Kier alpha value is -5.79. The Bertz CT molecular complexity index is 2240. The molecule has 2 aliphatic carbocycles. The fourth-order valence-electron chi connectivity index (χ4n) is 7.88. The van der Waals surface area contributed by atoms with Crippen LogP contribution in [0.5, 0.6) is 0 Å². The van der Waals surface area contributed by atoms with Gasteiger partial charge in [0.25, 0.3) is 0 Å². The lowest BCUT2D eigenvalue weighted by atomic mass is 9.70. The van der Waals surface area contributed by atoms with Crippen molar-refractivity contribution in [1.82, 2.24) is 4.98 Å². The smallest absolute Gasteiger partial charge is 0.0725 e. The van der Waals surface area contributed by atoms with Crippen molar-refractivity contribution < 1.29 is 0 Å². The third kappa shape index (κ3) is 3.85. The Morgan fingerprint density at radius 3 is 1.61 bits per heavy atom. The summed E-state index contributed by atoms with van der Waals surface area (Å²) in [5.74, 6) is 0. The summed E-state index contributed by atoms with van der Waals surface area (Å²) in [4.78, 5) is 5.15. The van der Waals surface area contributed by atoms with E-state index in [0.29, 0.717) is 0 Å². The van der Waals surface area contributed by atoms with E-state index in [-0.39, 0.29) is 0 Å². The molecule has 0 N–H and O–H groups in total. The standard InChI is InChI=1S/C45H31N/c1-2-13-30-22-25-41-38(26-30)36-19-10-12-21-40(36)45(41)39-20-11-9-18-35(39)37-24-23-33(27-42(37)45)34-28-43(31-14-5-3-6-15-31)46-44(29-34)32-16-7-4-8-17-32/h2-12,14-29H,1,13H2. The molecule has 9 rings (SSSR count). The molecule has 2 aliphatic rings. The van der Waals surface area contributed by atoms with E-state index < -0.39 is 5.41 Å². The molecule has 1 aromatic heterocycles. The SMILES string of the molecule is C=CCc1ccc2c(c1)-c1ccccc1C21c2ccccc2-c2ccc(-c3cc(-c4ccccc4)nc(-c4ccccc4)c3)cc21. The van der Waals surface area contributed by atoms with Crippen LogP contribution in [0.1, 0.15) is 27.8 Å². The van der Waals surface area contributed by atoms with Crippen LogP contribution in [0.25, 0.3) is 55.9 Å². The molecule has 216 valence electrons. The second-order valence-electron chi connectivity index (χ2n) is 12.3. The van der Waals surface area contributed by atoms with Gasteiger partial charge in [0.15, 0.2) is 0 Å². The zero-order chi connectivity index (χ0) is 30.7. The van der Waals surface area contributed by atoms with Crippen molar-refractivity contribution in [2.75, 3.05) is 0 Å². The fourth-order valence-corrected chi connectivity index (χ4v) is 7.88. The van der Waals surface area contributed by atoms with Gasteiger partial charge in [0.2, 0.25) is 0 Å². The number of benzene rings is 6. The number of aromatic nitrogens is 1. The molecule has 1 atom stereocenters. The quantitative estimate of drug-likeness (QED) is 0.183. The van der Waals surface area contributed by atoms with Crippen molar-refractivity contribution in [3.05, 3.63) is 198 Å². The van der Waals surface area contributed by atoms with Crippen LogP contribution in [0, 0.1) is 0 Å². The lowest BCUT2D eigenvalue weighted by molar-refractivity contribution is 0.793. The van der Waals surface area contributed by atoms with Gasteiger partial charge in [0.05, 0.1) is 16.8 Å². The molecule has 1 spiro atoms. The van der Waals surface area contributed by atoms with Gasteiger partial charge < -0.3 is 0 Å². The van der Waals surface area contributed by atoms with E-state index in [0.717, 1.165) is 34.5 Å². The van der Waals surface area contributed by atoms with Crippen LogP contribution in [0.3, 0.4) is 0 Å². The normalized spacial score (nSPS) is 15.2. The predicted octanol–water partition coefficient (Wildman–Crippen LogP) is 11.2. The highest BCUT2D eigenvalue weighted by Gasteiger charge is 2.51. The van der Waals surface area contributed by atoms with Gasteiger partial charge in [-0.15, -0.1) is 6.58 Å². The molecule has 1 unspecified atom stereocenters. The molecule has 6 aromatic carbocycles. The van der Waals surface area contributed by atoms with Crippen LogP contribution in [0.2, 0.25) is 0 Å². The number of allylic oxidation sites excluding steroid dienone is 1. The Morgan fingerprint density at radius 1 is 0.435 bits per heavy atom. The number of rotatable bonds is 5. The highest BCUT2D eigenvalue weighted by atomic mass is 14.7. The molecule has 0 fully saturated rings. The van der Waals surface area contributed by atoms with E-state index >= 15 is 0 Å². The Kier molecular flexibility index (Phi) is 6.01. The first-order valence-electron chi connectivity index (χ1n) is 16.0. The molecule has 0 saturated heterocycles. The van der Waals surface area contributed by atoms with E-state index in [1.807, 2.05) is 6.08 Å². The van der Waals surface area contributed by atoms with Gasteiger partial charge in [-0.3, -0.25) is 0 Å². The number of fused-ring (bicyclic) bond motifs is 10. The third-order valence-electron chi connectivity index (χ3n) is 9.83. The highest BCUT2D eigenvalue weighted by molar-refractivity contribution is 5.96. The molecular weight excluding hydrogens is 555 g/mol. The zero-order valence-electron chi connectivity index (χ0n) is 25.4. The first-order chi connectivity index (χ1) is 22.8. The molecule has 0 aliphatic heterocycles. The van der Waals surface area contributed by atoms with Crippen LogP contribution in [0.4, 0.5) is 0 Å². The molecule has 7 aromatic rings. The van der Waals surface area contributed by atoms with Crippen LogP contribution in [-0.4, -0.2) is 4.98 Å². The van der Waals surface area contributed by atoms with E-state index in [9.17, 15) is 0 Å². The summed E-state index contributed by atoms with van der Waals surface area (Å²) >= 11 is 0. The number of nitrogens with zero attached hydrogens (tertiary/aromatic N) is 1. The van der Waals surface area contributed by atoms with E-state index in [4.69, 9.17) is 4.98 Å². The second kappa shape index (κ2) is 10.4. The largest absolute Gasteiger partial charge is 0.248 e.